The van der Waals surface area contributed by atoms with Gasteiger partial charge in [-0.05, 0) is 43.0 Å². The highest BCUT2D eigenvalue weighted by molar-refractivity contribution is 6.32. The second-order valence-electron chi connectivity index (χ2n) is 5.54. The summed E-state index contributed by atoms with van der Waals surface area (Å²) in [5, 5.41) is 4.43. The van der Waals surface area contributed by atoms with Crippen LogP contribution in [0.2, 0.25) is 5.02 Å². The average molecular weight is 336 g/mol. The molecule has 122 valence electrons. The van der Waals surface area contributed by atoms with E-state index in [1.807, 2.05) is 12.1 Å². The number of benzene rings is 1. The third kappa shape index (κ3) is 3.04. The third-order valence-electron chi connectivity index (χ3n) is 4.01. The minimum absolute atomic E-state index is 0.405. The van der Waals surface area contributed by atoms with E-state index < -0.39 is 5.54 Å². The molecule has 0 unspecified atom stereocenters. The number of halogens is 1. The van der Waals surface area contributed by atoms with Crippen molar-refractivity contribution in [3.05, 3.63) is 34.4 Å². The van der Waals surface area contributed by atoms with Gasteiger partial charge in [0.2, 0.25) is 0 Å². The van der Waals surface area contributed by atoms with Crippen LogP contribution in [-0.2, 0) is 5.54 Å². The Balaban J connectivity index is 1.81. The molecule has 1 saturated carbocycles. The van der Waals surface area contributed by atoms with E-state index in [-0.39, 0.29) is 0 Å². The maximum Gasteiger partial charge on any atom is 0.250 e. The molecule has 23 heavy (non-hydrogen) atoms. The molecule has 0 radical (unpaired) electrons. The molecule has 2 aromatic rings. The summed E-state index contributed by atoms with van der Waals surface area (Å²) in [7, 11) is 3.10. The molecule has 7 heteroatoms. The van der Waals surface area contributed by atoms with Crippen molar-refractivity contribution in [3.63, 3.8) is 0 Å². The molecule has 1 aromatic heterocycles. The second kappa shape index (κ2) is 6.22. The summed E-state index contributed by atoms with van der Waals surface area (Å²) in [6.45, 7) is 0. The van der Waals surface area contributed by atoms with Crippen LogP contribution in [0.1, 0.15) is 36.5 Å². The van der Waals surface area contributed by atoms with Crippen molar-refractivity contribution in [1.29, 1.82) is 0 Å². The molecule has 0 saturated heterocycles. The van der Waals surface area contributed by atoms with Crippen LogP contribution < -0.4 is 15.2 Å². The van der Waals surface area contributed by atoms with Gasteiger partial charge < -0.3 is 19.7 Å². The molecular formula is C16H18ClN3O3. The van der Waals surface area contributed by atoms with Gasteiger partial charge in [-0.15, -0.1) is 0 Å². The fraction of sp³-hybridized carbons (Fsp3) is 0.375. The lowest BCUT2D eigenvalue weighted by Crippen LogP contribution is -2.44. The molecule has 0 atom stereocenters. The van der Waals surface area contributed by atoms with Crippen molar-refractivity contribution >= 4 is 23.8 Å². The Bertz CT molecular complexity index is 738. The monoisotopic (exact) mass is 335 g/mol. The number of nitrogens with two attached hydrogens (primary N) is 1. The number of aromatic nitrogens is 2. The maximum absolute atomic E-state index is 6.18. The van der Waals surface area contributed by atoms with Crippen molar-refractivity contribution in [2.75, 3.05) is 14.2 Å². The lowest BCUT2D eigenvalue weighted by atomic mass is 9.77. The van der Waals surface area contributed by atoms with Crippen molar-refractivity contribution < 1.29 is 14.0 Å². The van der Waals surface area contributed by atoms with Gasteiger partial charge in [-0.25, -0.2) is 0 Å². The first-order valence-electron chi connectivity index (χ1n) is 7.28. The Labute approximate surface area is 139 Å². The van der Waals surface area contributed by atoms with Crippen molar-refractivity contribution in [3.8, 4) is 11.5 Å². The van der Waals surface area contributed by atoms with Crippen LogP contribution in [0.15, 0.2) is 16.7 Å². The third-order valence-corrected chi connectivity index (χ3v) is 4.29. The van der Waals surface area contributed by atoms with Crippen LogP contribution in [0.5, 0.6) is 11.5 Å². The molecule has 1 heterocycles. The number of hydrogen-bond donors (Lipinski definition) is 1. The Morgan fingerprint density at radius 2 is 2.04 bits per heavy atom. The Hall–Kier alpha value is -2.05. The van der Waals surface area contributed by atoms with E-state index >= 15 is 0 Å². The lowest BCUT2D eigenvalue weighted by molar-refractivity contribution is 0.229. The summed E-state index contributed by atoms with van der Waals surface area (Å²) in [4.78, 5) is 4.34. The predicted molar refractivity (Wildman–Crippen MR) is 87.5 cm³/mol. The zero-order valence-corrected chi connectivity index (χ0v) is 13.8. The van der Waals surface area contributed by atoms with Crippen LogP contribution >= 0.6 is 11.6 Å². The minimum atomic E-state index is -0.428. The van der Waals surface area contributed by atoms with E-state index in [0.29, 0.717) is 28.2 Å². The van der Waals surface area contributed by atoms with Gasteiger partial charge in [0.05, 0.1) is 24.8 Å². The number of ether oxygens (including phenoxy) is 2. The van der Waals surface area contributed by atoms with Crippen LogP contribution in [0.25, 0.3) is 12.2 Å². The summed E-state index contributed by atoms with van der Waals surface area (Å²) >= 11 is 6.18. The first kappa shape index (κ1) is 15.8. The minimum Gasteiger partial charge on any atom is -0.493 e. The smallest absolute Gasteiger partial charge is 0.250 e. The van der Waals surface area contributed by atoms with Gasteiger partial charge in [0, 0.05) is 6.08 Å². The summed E-state index contributed by atoms with van der Waals surface area (Å²) < 4.78 is 15.7. The van der Waals surface area contributed by atoms with Gasteiger partial charge in [0.1, 0.15) is 0 Å². The summed E-state index contributed by atoms with van der Waals surface area (Å²) in [6.07, 6.45) is 6.41. The zero-order valence-electron chi connectivity index (χ0n) is 13.0. The van der Waals surface area contributed by atoms with Gasteiger partial charge in [0.15, 0.2) is 17.3 Å². The molecule has 1 aliphatic carbocycles. The molecule has 1 fully saturated rings. The molecule has 2 N–H and O–H groups in total. The Kier molecular flexibility index (Phi) is 4.28. The average Bonchev–Trinajstić information content (AvgIpc) is 2.99. The number of nitrogens with zero attached hydrogens (tertiary/aromatic N) is 2. The summed E-state index contributed by atoms with van der Waals surface area (Å²) in [5.41, 5.74) is 6.58. The lowest BCUT2D eigenvalue weighted by Gasteiger charge is -2.34. The van der Waals surface area contributed by atoms with E-state index in [2.05, 4.69) is 10.1 Å². The van der Waals surface area contributed by atoms with Crippen molar-refractivity contribution in [2.45, 2.75) is 24.8 Å². The number of rotatable bonds is 5. The van der Waals surface area contributed by atoms with Crippen LogP contribution in [0.3, 0.4) is 0 Å². The maximum atomic E-state index is 6.18. The summed E-state index contributed by atoms with van der Waals surface area (Å²) in [6, 6.07) is 3.59. The highest BCUT2D eigenvalue weighted by atomic mass is 35.5. The standard InChI is InChI=1S/C16H18ClN3O3/c1-21-12-9-10(8-11(17)14(12)22-2)4-5-13-19-15(20-23-13)16(18)6-3-7-16/h4-5,8-9H,3,6-7,18H2,1-2H3/b5-4+. The molecule has 6 nitrogen and oxygen atoms in total. The highest BCUT2D eigenvalue weighted by Gasteiger charge is 2.38. The van der Waals surface area contributed by atoms with Gasteiger partial charge >= 0.3 is 0 Å². The van der Waals surface area contributed by atoms with E-state index in [9.17, 15) is 0 Å². The van der Waals surface area contributed by atoms with E-state index in [4.69, 9.17) is 31.3 Å². The first-order chi connectivity index (χ1) is 11.1. The van der Waals surface area contributed by atoms with E-state index in [0.717, 1.165) is 24.8 Å². The molecule has 0 aliphatic heterocycles. The van der Waals surface area contributed by atoms with Crippen molar-refractivity contribution in [1.82, 2.24) is 10.1 Å². The largest absolute Gasteiger partial charge is 0.493 e. The number of hydrogen-bond acceptors (Lipinski definition) is 6. The Morgan fingerprint density at radius 3 is 2.65 bits per heavy atom. The molecule has 0 spiro atoms. The molecule has 0 bridgehead atoms. The van der Waals surface area contributed by atoms with Crippen LogP contribution in [0, 0.1) is 0 Å². The fourth-order valence-corrected chi connectivity index (χ4v) is 2.78. The predicted octanol–water partition coefficient (Wildman–Crippen LogP) is 3.25. The van der Waals surface area contributed by atoms with Gasteiger partial charge in [-0.3, -0.25) is 0 Å². The number of methoxy groups -OCH3 is 2. The molecular weight excluding hydrogens is 318 g/mol. The van der Waals surface area contributed by atoms with Crippen LogP contribution in [0.4, 0.5) is 0 Å². The molecule has 1 aromatic carbocycles. The second-order valence-corrected chi connectivity index (χ2v) is 5.94. The topological polar surface area (TPSA) is 83.4 Å². The molecule has 1 aliphatic rings. The van der Waals surface area contributed by atoms with Crippen LogP contribution in [-0.4, -0.2) is 24.4 Å². The van der Waals surface area contributed by atoms with E-state index in [1.54, 1.807) is 26.4 Å². The zero-order chi connectivity index (χ0) is 16.4. The quantitative estimate of drug-likeness (QED) is 0.903. The summed E-state index contributed by atoms with van der Waals surface area (Å²) in [5.74, 6) is 2.03. The SMILES string of the molecule is COc1cc(/C=C/c2nc(C3(N)CCC3)no2)cc(Cl)c1OC. The molecule has 0 amide bonds. The highest BCUT2D eigenvalue weighted by Crippen LogP contribution is 2.38. The van der Waals surface area contributed by atoms with Gasteiger partial charge in [-0.1, -0.05) is 16.8 Å². The Morgan fingerprint density at radius 1 is 1.26 bits per heavy atom. The molecule has 3 rings (SSSR count). The van der Waals surface area contributed by atoms with Crippen molar-refractivity contribution in [2.24, 2.45) is 5.73 Å². The van der Waals surface area contributed by atoms with Gasteiger partial charge in [0.25, 0.3) is 5.89 Å². The normalized spacial score (nSPS) is 16.3. The first-order valence-corrected chi connectivity index (χ1v) is 7.66. The van der Waals surface area contributed by atoms with Gasteiger partial charge in [-0.2, -0.15) is 4.98 Å². The fourth-order valence-electron chi connectivity index (χ4n) is 2.49. The van der Waals surface area contributed by atoms with E-state index in [1.165, 1.54) is 0 Å².